The number of hydrogen-bond donors (Lipinski definition) is 1. The molecule has 2 N–H and O–H groups in total. The van der Waals surface area contributed by atoms with Crippen LogP contribution in [0.15, 0.2) is 12.1 Å². The fraction of sp³-hybridized carbons (Fsp3) is 0.417. The molecule has 0 radical (unpaired) electrons. The number of rotatable bonds is 2. The number of fused-ring (bicyclic) bond motifs is 1. The summed E-state index contributed by atoms with van der Waals surface area (Å²) in [5, 5.41) is 1.06. The van der Waals surface area contributed by atoms with Crippen LogP contribution in [0.1, 0.15) is 19.7 Å². The number of hydrogen-bond acceptors (Lipinski definition) is 2. The molecule has 92 valence electrons. The molecule has 0 fully saturated rings. The Morgan fingerprint density at radius 3 is 2.47 bits per heavy atom. The van der Waals surface area contributed by atoms with Crippen LogP contribution in [-0.4, -0.2) is 15.1 Å². The van der Waals surface area contributed by atoms with Gasteiger partial charge in [0.1, 0.15) is 5.82 Å². The van der Waals surface area contributed by atoms with Gasteiger partial charge in [0.25, 0.3) is 0 Å². The van der Waals surface area contributed by atoms with Crippen molar-refractivity contribution < 1.29 is 0 Å². The zero-order valence-electron chi connectivity index (χ0n) is 10.1. The Labute approximate surface area is 111 Å². The van der Waals surface area contributed by atoms with Gasteiger partial charge < -0.3 is 10.3 Å². The average Bonchev–Trinajstić information content (AvgIpc) is 2.43. The van der Waals surface area contributed by atoms with Gasteiger partial charge in [-0.05, 0) is 32.9 Å². The van der Waals surface area contributed by atoms with Crippen molar-refractivity contribution in [2.24, 2.45) is 5.73 Å². The number of halogens is 2. The summed E-state index contributed by atoms with van der Waals surface area (Å²) in [6.07, 6.45) is 0. The first-order valence-corrected chi connectivity index (χ1v) is 6.14. The molecule has 2 rings (SSSR count). The molecule has 5 heteroatoms. The highest BCUT2D eigenvalue weighted by atomic mass is 35.5. The smallest absolute Gasteiger partial charge is 0.106 e. The third-order valence-corrected chi connectivity index (χ3v) is 3.27. The molecule has 0 bridgehead atoms. The lowest BCUT2D eigenvalue weighted by Gasteiger charge is -2.20. The minimum absolute atomic E-state index is 0.301. The Morgan fingerprint density at radius 1 is 1.29 bits per heavy atom. The SMILES string of the molecule is Cc1nc2cc(Cl)c(Cl)cc2n1CC(C)(C)N. The molecule has 0 saturated heterocycles. The molecule has 0 atom stereocenters. The summed E-state index contributed by atoms with van der Waals surface area (Å²) in [7, 11) is 0. The molecule has 0 unspecified atom stereocenters. The first kappa shape index (κ1) is 12.7. The van der Waals surface area contributed by atoms with E-state index in [1.165, 1.54) is 0 Å². The van der Waals surface area contributed by atoms with Crippen LogP contribution < -0.4 is 5.73 Å². The van der Waals surface area contributed by atoms with E-state index in [1.807, 2.05) is 26.8 Å². The molecule has 0 aliphatic heterocycles. The van der Waals surface area contributed by atoms with Gasteiger partial charge in [0.2, 0.25) is 0 Å². The van der Waals surface area contributed by atoms with E-state index in [2.05, 4.69) is 9.55 Å². The highest BCUT2D eigenvalue weighted by Gasteiger charge is 2.17. The maximum Gasteiger partial charge on any atom is 0.106 e. The van der Waals surface area contributed by atoms with E-state index in [1.54, 1.807) is 6.07 Å². The van der Waals surface area contributed by atoms with Crippen molar-refractivity contribution in [3.05, 3.63) is 28.0 Å². The van der Waals surface area contributed by atoms with Crippen molar-refractivity contribution in [1.82, 2.24) is 9.55 Å². The fourth-order valence-corrected chi connectivity index (χ4v) is 2.16. The molecule has 0 amide bonds. The van der Waals surface area contributed by atoms with Crippen LogP contribution in [-0.2, 0) is 6.54 Å². The van der Waals surface area contributed by atoms with Crippen molar-refractivity contribution in [3.8, 4) is 0 Å². The van der Waals surface area contributed by atoms with Crippen LogP contribution in [0.2, 0.25) is 10.0 Å². The zero-order chi connectivity index (χ0) is 12.8. The molecule has 0 saturated carbocycles. The predicted molar refractivity (Wildman–Crippen MR) is 72.8 cm³/mol. The minimum atomic E-state index is -0.301. The number of aryl methyl sites for hydroxylation is 1. The van der Waals surface area contributed by atoms with Crippen molar-refractivity contribution in [2.45, 2.75) is 32.9 Å². The lowest BCUT2D eigenvalue weighted by atomic mass is 10.1. The van der Waals surface area contributed by atoms with Crippen LogP contribution in [0.5, 0.6) is 0 Å². The molecule has 3 nitrogen and oxygen atoms in total. The Kier molecular flexibility index (Phi) is 3.10. The van der Waals surface area contributed by atoms with Crippen molar-refractivity contribution in [1.29, 1.82) is 0 Å². The van der Waals surface area contributed by atoms with Gasteiger partial charge in [0, 0.05) is 12.1 Å². The van der Waals surface area contributed by atoms with Gasteiger partial charge in [-0.15, -0.1) is 0 Å². The second kappa shape index (κ2) is 4.16. The van der Waals surface area contributed by atoms with Gasteiger partial charge >= 0.3 is 0 Å². The molecule has 1 aromatic carbocycles. The molecule has 1 heterocycles. The quantitative estimate of drug-likeness (QED) is 0.910. The highest BCUT2D eigenvalue weighted by molar-refractivity contribution is 6.42. The molecular weight excluding hydrogens is 257 g/mol. The number of nitrogens with zero attached hydrogens (tertiary/aromatic N) is 2. The monoisotopic (exact) mass is 271 g/mol. The van der Waals surface area contributed by atoms with E-state index in [0.29, 0.717) is 16.6 Å². The average molecular weight is 272 g/mol. The van der Waals surface area contributed by atoms with E-state index in [9.17, 15) is 0 Å². The highest BCUT2D eigenvalue weighted by Crippen LogP contribution is 2.28. The van der Waals surface area contributed by atoms with Crippen molar-refractivity contribution in [3.63, 3.8) is 0 Å². The minimum Gasteiger partial charge on any atom is -0.326 e. The van der Waals surface area contributed by atoms with E-state index >= 15 is 0 Å². The largest absolute Gasteiger partial charge is 0.326 e. The van der Waals surface area contributed by atoms with Gasteiger partial charge in [-0.1, -0.05) is 23.2 Å². The number of benzene rings is 1. The first-order chi connectivity index (χ1) is 7.78. The predicted octanol–water partition coefficient (Wildman–Crippen LogP) is 3.39. The first-order valence-electron chi connectivity index (χ1n) is 5.39. The molecule has 0 aliphatic rings. The zero-order valence-corrected chi connectivity index (χ0v) is 11.6. The Hall–Kier alpha value is -0.770. The topological polar surface area (TPSA) is 43.8 Å². The normalized spacial score (nSPS) is 12.4. The fourth-order valence-electron chi connectivity index (χ4n) is 1.85. The summed E-state index contributed by atoms with van der Waals surface area (Å²) in [5.41, 5.74) is 7.56. The number of imidazole rings is 1. The summed E-state index contributed by atoms with van der Waals surface area (Å²) in [6.45, 7) is 6.60. The van der Waals surface area contributed by atoms with Crippen LogP contribution in [0.25, 0.3) is 11.0 Å². The summed E-state index contributed by atoms with van der Waals surface area (Å²) in [5.74, 6) is 0.914. The summed E-state index contributed by atoms with van der Waals surface area (Å²) in [6, 6.07) is 3.62. The van der Waals surface area contributed by atoms with Gasteiger partial charge in [-0.2, -0.15) is 0 Å². The van der Waals surface area contributed by atoms with Gasteiger partial charge in [0.15, 0.2) is 0 Å². The molecular formula is C12H15Cl2N3. The molecule has 0 aliphatic carbocycles. The Balaban J connectivity index is 2.63. The summed E-state index contributed by atoms with van der Waals surface area (Å²) in [4.78, 5) is 4.46. The van der Waals surface area contributed by atoms with E-state index < -0.39 is 0 Å². The van der Waals surface area contributed by atoms with Crippen molar-refractivity contribution >= 4 is 34.2 Å². The molecule has 2 aromatic rings. The summed E-state index contributed by atoms with van der Waals surface area (Å²) < 4.78 is 2.07. The maximum atomic E-state index is 6.05. The second-order valence-electron chi connectivity index (χ2n) is 4.99. The van der Waals surface area contributed by atoms with Gasteiger partial charge in [0.05, 0.1) is 21.1 Å². The molecule has 0 spiro atoms. The molecule has 1 aromatic heterocycles. The van der Waals surface area contributed by atoms with E-state index in [4.69, 9.17) is 28.9 Å². The Bertz CT molecular complexity index is 567. The third kappa shape index (κ3) is 2.57. The lowest BCUT2D eigenvalue weighted by Crippen LogP contribution is -2.37. The second-order valence-corrected chi connectivity index (χ2v) is 5.80. The Morgan fingerprint density at radius 2 is 1.88 bits per heavy atom. The van der Waals surface area contributed by atoms with E-state index in [0.717, 1.165) is 16.9 Å². The standard InChI is InChI=1S/C12H15Cl2N3/c1-7-16-10-4-8(13)9(14)5-11(10)17(7)6-12(2,3)15/h4-5H,6,15H2,1-3H3. The number of nitrogens with two attached hydrogens (primary N) is 1. The van der Waals surface area contributed by atoms with Gasteiger partial charge in [-0.3, -0.25) is 0 Å². The maximum absolute atomic E-state index is 6.05. The summed E-state index contributed by atoms with van der Waals surface area (Å²) >= 11 is 12.0. The van der Waals surface area contributed by atoms with Gasteiger partial charge in [-0.25, -0.2) is 4.98 Å². The lowest BCUT2D eigenvalue weighted by molar-refractivity contribution is 0.435. The van der Waals surface area contributed by atoms with Crippen LogP contribution in [0.3, 0.4) is 0 Å². The van der Waals surface area contributed by atoms with Crippen LogP contribution in [0.4, 0.5) is 0 Å². The van der Waals surface area contributed by atoms with Crippen LogP contribution in [0, 0.1) is 6.92 Å². The third-order valence-electron chi connectivity index (χ3n) is 2.55. The number of aromatic nitrogens is 2. The molecule has 17 heavy (non-hydrogen) atoms. The van der Waals surface area contributed by atoms with Crippen LogP contribution >= 0.6 is 23.2 Å². The van der Waals surface area contributed by atoms with E-state index in [-0.39, 0.29) is 5.54 Å². The van der Waals surface area contributed by atoms with Crippen molar-refractivity contribution in [2.75, 3.05) is 0 Å².